The number of rotatable bonds is 9. The fourth-order valence-corrected chi connectivity index (χ4v) is 2.57. The average Bonchev–Trinajstić information content (AvgIpc) is 3.35. The molecule has 7 nitrogen and oxygen atoms in total. The number of carbonyl (C=O) groups is 2. The lowest BCUT2D eigenvalue weighted by Crippen LogP contribution is -2.41. The average molecular weight is 357 g/mol. The minimum absolute atomic E-state index is 0.0179. The maximum atomic E-state index is 12.5. The Hall–Kier alpha value is -2.67. The Bertz CT molecular complexity index is 740. The molecule has 1 aliphatic rings. The van der Waals surface area contributed by atoms with E-state index in [-0.39, 0.29) is 25.0 Å². The summed E-state index contributed by atoms with van der Waals surface area (Å²) >= 11 is 0. The van der Waals surface area contributed by atoms with Crippen LogP contribution < -0.4 is 5.32 Å². The van der Waals surface area contributed by atoms with Crippen molar-refractivity contribution in [3.05, 3.63) is 47.7 Å². The zero-order chi connectivity index (χ0) is 18.4. The van der Waals surface area contributed by atoms with E-state index in [1.54, 1.807) is 17.9 Å². The zero-order valence-electron chi connectivity index (χ0n) is 14.8. The van der Waals surface area contributed by atoms with Crippen molar-refractivity contribution in [1.82, 2.24) is 10.1 Å². The van der Waals surface area contributed by atoms with Gasteiger partial charge in [0.1, 0.15) is 12.4 Å². The van der Waals surface area contributed by atoms with Crippen molar-refractivity contribution in [1.29, 1.82) is 0 Å². The Kier molecular flexibility index (Phi) is 6.01. The van der Waals surface area contributed by atoms with Gasteiger partial charge in [-0.2, -0.15) is 0 Å². The second-order valence-electron chi connectivity index (χ2n) is 6.57. The van der Waals surface area contributed by atoms with Crippen LogP contribution in [-0.2, 0) is 20.9 Å². The number of carbonyl (C=O) groups excluding carboxylic acids is 2. The monoisotopic (exact) mass is 357 g/mol. The van der Waals surface area contributed by atoms with Crippen LogP contribution in [0.15, 0.2) is 40.9 Å². The maximum Gasteiger partial charge on any atom is 0.249 e. The molecule has 0 bridgehead atoms. The van der Waals surface area contributed by atoms with Crippen LogP contribution in [0.25, 0.3) is 0 Å². The summed E-state index contributed by atoms with van der Waals surface area (Å²) in [6.45, 7) is 2.64. The number of nitrogens with one attached hydrogen (secondary N) is 1. The molecule has 0 radical (unpaired) electrons. The number of aromatic nitrogens is 1. The topological polar surface area (TPSA) is 84.7 Å². The van der Waals surface area contributed by atoms with Crippen LogP contribution in [0.2, 0.25) is 0 Å². The van der Waals surface area contributed by atoms with Gasteiger partial charge in [0.25, 0.3) is 0 Å². The van der Waals surface area contributed by atoms with E-state index in [0.717, 1.165) is 18.4 Å². The molecule has 1 saturated carbocycles. The summed E-state index contributed by atoms with van der Waals surface area (Å²) in [5, 5.41) is 6.37. The van der Waals surface area contributed by atoms with Gasteiger partial charge in [-0.1, -0.05) is 35.5 Å². The SMILES string of the molecule is Cc1cc(NC(=O)CN(CC2CC2)C(=O)COCc2ccccc2)no1. The summed E-state index contributed by atoms with van der Waals surface area (Å²) < 4.78 is 10.4. The third-order valence-electron chi connectivity index (χ3n) is 4.10. The van der Waals surface area contributed by atoms with E-state index in [1.165, 1.54) is 0 Å². The first-order valence-corrected chi connectivity index (χ1v) is 8.73. The van der Waals surface area contributed by atoms with Gasteiger partial charge < -0.3 is 19.5 Å². The van der Waals surface area contributed by atoms with Gasteiger partial charge in [0.05, 0.1) is 13.2 Å². The maximum absolute atomic E-state index is 12.5. The molecule has 26 heavy (non-hydrogen) atoms. The summed E-state index contributed by atoms with van der Waals surface area (Å²) in [5.41, 5.74) is 1.01. The standard InChI is InChI=1S/C19H23N3O4/c1-14-9-17(21-26-14)20-18(23)11-22(10-15-7-8-15)19(24)13-25-12-16-5-3-2-4-6-16/h2-6,9,15H,7-8,10-13H2,1H3,(H,20,21,23). The summed E-state index contributed by atoms with van der Waals surface area (Å²) in [7, 11) is 0. The molecule has 1 N–H and O–H groups in total. The molecule has 0 spiro atoms. The second-order valence-corrected chi connectivity index (χ2v) is 6.57. The number of aryl methyl sites for hydroxylation is 1. The molecule has 1 aromatic carbocycles. The molecule has 0 aliphatic heterocycles. The number of nitrogens with zero attached hydrogens (tertiary/aromatic N) is 2. The molecule has 1 fully saturated rings. The number of anilines is 1. The predicted molar refractivity (Wildman–Crippen MR) is 95.3 cm³/mol. The molecular formula is C19H23N3O4. The van der Waals surface area contributed by atoms with E-state index >= 15 is 0 Å². The lowest BCUT2D eigenvalue weighted by molar-refractivity contribution is -0.139. The van der Waals surface area contributed by atoms with Gasteiger partial charge in [0, 0.05) is 12.6 Å². The zero-order valence-corrected chi connectivity index (χ0v) is 14.8. The van der Waals surface area contributed by atoms with E-state index in [9.17, 15) is 9.59 Å². The fourth-order valence-electron chi connectivity index (χ4n) is 2.57. The molecular weight excluding hydrogens is 334 g/mol. The van der Waals surface area contributed by atoms with E-state index in [2.05, 4.69) is 10.5 Å². The molecule has 2 aromatic rings. The van der Waals surface area contributed by atoms with Gasteiger partial charge >= 0.3 is 0 Å². The Morgan fingerprint density at radius 1 is 1.31 bits per heavy atom. The summed E-state index contributed by atoms with van der Waals surface area (Å²) in [6, 6.07) is 11.3. The third-order valence-corrected chi connectivity index (χ3v) is 4.10. The van der Waals surface area contributed by atoms with Crippen LogP contribution in [-0.4, -0.2) is 41.6 Å². The Morgan fingerprint density at radius 3 is 2.73 bits per heavy atom. The number of ether oxygens (including phenoxy) is 1. The predicted octanol–water partition coefficient (Wildman–Crippen LogP) is 2.38. The Labute approximate surface area is 152 Å². The molecule has 7 heteroatoms. The normalized spacial score (nSPS) is 13.4. The van der Waals surface area contributed by atoms with Crippen molar-refractivity contribution >= 4 is 17.6 Å². The lowest BCUT2D eigenvalue weighted by Gasteiger charge is -2.22. The first-order valence-electron chi connectivity index (χ1n) is 8.73. The van der Waals surface area contributed by atoms with Crippen molar-refractivity contribution in [3.63, 3.8) is 0 Å². The van der Waals surface area contributed by atoms with Crippen molar-refractivity contribution < 1.29 is 18.8 Å². The third kappa shape index (κ3) is 5.70. The van der Waals surface area contributed by atoms with E-state index in [0.29, 0.717) is 30.6 Å². The van der Waals surface area contributed by atoms with Gasteiger partial charge in [-0.25, -0.2) is 0 Å². The highest BCUT2D eigenvalue weighted by Crippen LogP contribution is 2.29. The molecule has 1 aromatic heterocycles. The smallest absolute Gasteiger partial charge is 0.249 e. The molecule has 1 aliphatic carbocycles. The summed E-state index contributed by atoms with van der Waals surface area (Å²) in [6.07, 6.45) is 2.19. The number of hydrogen-bond donors (Lipinski definition) is 1. The number of benzene rings is 1. The van der Waals surface area contributed by atoms with Gasteiger partial charge in [-0.3, -0.25) is 9.59 Å². The lowest BCUT2D eigenvalue weighted by atomic mass is 10.2. The van der Waals surface area contributed by atoms with Crippen LogP contribution in [0, 0.1) is 12.8 Å². The largest absolute Gasteiger partial charge is 0.367 e. The van der Waals surface area contributed by atoms with E-state index < -0.39 is 0 Å². The Balaban J connectivity index is 1.49. The van der Waals surface area contributed by atoms with Crippen LogP contribution >= 0.6 is 0 Å². The second kappa shape index (κ2) is 8.62. The van der Waals surface area contributed by atoms with Crippen molar-refractivity contribution in [2.75, 3.05) is 25.0 Å². The minimum Gasteiger partial charge on any atom is -0.367 e. The van der Waals surface area contributed by atoms with Crippen molar-refractivity contribution in [2.45, 2.75) is 26.4 Å². The van der Waals surface area contributed by atoms with E-state index in [1.807, 2.05) is 30.3 Å². The summed E-state index contributed by atoms with van der Waals surface area (Å²) in [5.74, 6) is 0.969. The molecule has 0 unspecified atom stereocenters. The van der Waals surface area contributed by atoms with Gasteiger partial charge in [-0.05, 0) is 31.2 Å². The molecule has 0 saturated heterocycles. The van der Waals surface area contributed by atoms with Crippen LogP contribution in [0.5, 0.6) is 0 Å². The quantitative estimate of drug-likeness (QED) is 0.745. The fraction of sp³-hybridized carbons (Fsp3) is 0.421. The van der Waals surface area contributed by atoms with Crippen LogP contribution in [0.1, 0.15) is 24.2 Å². The van der Waals surface area contributed by atoms with Crippen LogP contribution in [0.3, 0.4) is 0 Å². The molecule has 138 valence electrons. The molecule has 3 rings (SSSR count). The first kappa shape index (κ1) is 18.1. The van der Waals surface area contributed by atoms with Gasteiger partial charge in [0.2, 0.25) is 11.8 Å². The van der Waals surface area contributed by atoms with Gasteiger partial charge in [-0.15, -0.1) is 0 Å². The Morgan fingerprint density at radius 2 is 2.08 bits per heavy atom. The number of amides is 2. The van der Waals surface area contributed by atoms with Crippen LogP contribution in [0.4, 0.5) is 5.82 Å². The highest BCUT2D eigenvalue weighted by Gasteiger charge is 2.28. The molecule has 0 atom stereocenters. The minimum atomic E-state index is -0.296. The first-order chi connectivity index (χ1) is 12.6. The van der Waals surface area contributed by atoms with Crippen molar-refractivity contribution in [2.24, 2.45) is 5.92 Å². The molecule has 1 heterocycles. The highest BCUT2D eigenvalue weighted by atomic mass is 16.5. The molecule has 2 amide bonds. The van der Waals surface area contributed by atoms with Crippen molar-refractivity contribution in [3.8, 4) is 0 Å². The highest BCUT2D eigenvalue weighted by molar-refractivity contribution is 5.94. The van der Waals surface area contributed by atoms with E-state index in [4.69, 9.17) is 9.26 Å². The number of hydrogen-bond acceptors (Lipinski definition) is 5. The van der Waals surface area contributed by atoms with Gasteiger partial charge in [0.15, 0.2) is 5.82 Å². The summed E-state index contributed by atoms with van der Waals surface area (Å²) in [4.78, 5) is 26.2.